The summed E-state index contributed by atoms with van der Waals surface area (Å²) >= 11 is 0. The van der Waals surface area contributed by atoms with Crippen LogP contribution in [0.5, 0.6) is 5.75 Å². The van der Waals surface area contributed by atoms with Gasteiger partial charge in [0.25, 0.3) is 0 Å². The number of hydrogen-bond donors (Lipinski definition) is 0. The average molecular weight is 657 g/mol. The Kier molecular flexibility index (Phi) is 9.45. The molecule has 46 heavy (non-hydrogen) atoms. The molecule has 5 rings (SSSR count). The Bertz CT molecular complexity index is 1710. The van der Waals surface area contributed by atoms with Crippen LogP contribution in [0.25, 0.3) is 22.3 Å². The molecule has 1 aliphatic heterocycles. The summed E-state index contributed by atoms with van der Waals surface area (Å²) in [5, 5.41) is 0. The van der Waals surface area contributed by atoms with E-state index in [1.165, 1.54) is 0 Å². The van der Waals surface area contributed by atoms with Gasteiger partial charge in [-0.25, -0.2) is 35.1 Å². The minimum Gasteiger partial charge on any atom is -0.429 e. The third kappa shape index (κ3) is 6.75. The number of allylic oxidation sites excluding steroid dienone is 1. The van der Waals surface area contributed by atoms with Gasteiger partial charge in [0.15, 0.2) is 23.7 Å². The van der Waals surface area contributed by atoms with E-state index in [1.54, 1.807) is 6.08 Å². The fraction of sp³-hybridized carbons (Fsp3) is 0.212. The van der Waals surface area contributed by atoms with E-state index in [2.05, 4.69) is 11.3 Å². The first kappa shape index (κ1) is 33.0. The Morgan fingerprint density at radius 2 is 1.28 bits per heavy atom. The molecular weight excluding hydrogens is 634 g/mol. The lowest BCUT2D eigenvalue weighted by Crippen LogP contribution is -2.27. The smallest absolute Gasteiger partial charge is 0.429 e. The Balaban J connectivity index is 1.37. The van der Waals surface area contributed by atoms with Crippen LogP contribution in [0.4, 0.5) is 43.9 Å². The molecule has 242 valence electrons. The monoisotopic (exact) mass is 656 g/mol. The highest BCUT2D eigenvalue weighted by atomic mass is 19.3. The molecule has 1 aliphatic rings. The van der Waals surface area contributed by atoms with Gasteiger partial charge in [0, 0.05) is 23.1 Å². The van der Waals surface area contributed by atoms with E-state index in [-0.39, 0.29) is 36.8 Å². The zero-order valence-corrected chi connectivity index (χ0v) is 23.5. The molecule has 4 aromatic carbocycles. The van der Waals surface area contributed by atoms with Gasteiger partial charge < -0.3 is 14.2 Å². The SMILES string of the molecule is C=CCCC1COC(c2cc(F)c(-c3cc(F)c(C(F)(F)Oc4ccc(-c5cc(F)c(F)c(F)c5)c(F)c4)c(F)c3)c(F)c2)OC1. The van der Waals surface area contributed by atoms with Gasteiger partial charge in [0.2, 0.25) is 0 Å². The van der Waals surface area contributed by atoms with Crippen molar-refractivity contribution in [3.63, 3.8) is 0 Å². The Morgan fingerprint density at radius 1 is 0.717 bits per heavy atom. The number of alkyl halides is 2. The summed E-state index contributed by atoms with van der Waals surface area (Å²) in [6.07, 6.45) is -2.70. The van der Waals surface area contributed by atoms with Crippen LogP contribution in [-0.2, 0) is 15.6 Å². The van der Waals surface area contributed by atoms with Gasteiger partial charge in [0.1, 0.15) is 40.4 Å². The summed E-state index contributed by atoms with van der Waals surface area (Å²) in [5.74, 6) is -13.8. The van der Waals surface area contributed by atoms with Crippen LogP contribution in [0.3, 0.4) is 0 Å². The maximum absolute atomic E-state index is 15.1. The van der Waals surface area contributed by atoms with E-state index in [0.29, 0.717) is 24.3 Å². The number of benzene rings is 4. The zero-order chi connectivity index (χ0) is 33.3. The highest BCUT2D eigenvalue weighted by molar-refractivity contribution is 5.67. The predicted octanol–water partition coefficient (Wildman–Crippen LogP) is 9.89. The molecule has 1 saturated heterocycles. The van der Waals surface area contributed by atoms with Crippen molar-refractivity contribution in [3.8, 4) is 28.0 Å². The van der Waals surface area contributed by atoms with Crippen LogP contribution >= 0.6 is 0 Å². The molecule has 4 aromatic rings. The third-order valence-corrected chi connectivity index (χ3v) is 7.19. The minimum absolute atomic E-state index is 0.0477. The molecule has 0 saturated carbocycles. The third-order valence-electron chi connectivity index (χ3n) is 7.19. The molecule has 0 atom stereocenters. The highest BCUT2D eigenvalue weighted by Crippen LogP contribution is 2.40. The number of hydrogen-bond acceptors (Lipinski definition) is 3. The van der Waals surface area contributed by atoms with Gasteiger partial charge in [-0.1, -0.05) is 6.08 Å². The van der Waals surface area contributed by atoms with Crippen molar-refractivity contribution in [3.05, 3.63) is 125 Å². The van der Waals surface area contributed by atoms with Crippen LogP contribution in [0, 0.1) is 52.5 Å². The molecule has 3 nitrogen and oxygen atoms in total. The van der Waals surface area contributed by atoms with Crippen molar-refractivity contribution in [2.45, 2.75) is 25.2 Å². The number of halogens is 10. The summed E-state index contributed by atoms with van der Waals surface area (Å²) in [6, 6.07) is 4.98. The summed E-state index contributed by atoms with van der Waals surface area (Å²) in [6.45, 7) is 4.14. The van der Waals surface area contributed by atoms with Crippen molar-refractivity contribution < 1.29 is 58.1 Å². The molecule has 0 aliphatic carbocycles. The van der Waals surface area contributed by atoms with Crippen molar-refractivity contribution >= 4 is 0 Å². The molecule has 0 N–H and O–H groups in total. The minimum atomic E-state index is -4.78. The largest absolute Gasteiger partial charge is 0.432 e. The average Bonchev–Trinajstić information content (AvgIpc) is 2.98. The molecule has 0 amide bonds. The van der Waals surface area contributed by atoms with Gasteiger partial charge in [-0.15, -0.1) is 6.58 Å². The molecule has 0 spiro atoms. The molecule has 0 aromatic heterocycles. The van der Waals surface area contributed by atoms with E-state index in [0.717, 1.165) is 31.0 Å². The van der Waals surface area contributed by atoms with E-state index in [9.17, 15) is 35.1 Å². The van der Waals surface area contributed by atoms with Crippen molar-refractivity contribution in [1.29, 1.82) is 0 Å². The van der Waals surface area contributed by atoms with Gasteiger partial charge in [-0.2, -0.15) is 8.78 Å². The molecule has 0 unspecified atom stereocenters. The summed E-state index contributed by atoms with van der Waals surface area (Å²) < 4.78 is 160. The second kappa shape index (κ2) is 13.2. The standard InChI is InChI=1S/C33H22F10O3/c1-2-3-4-16-14-44-32(45-15-16)19-11-23(35)29(24(36)12-19)18-9-25(37)30(26(38)10-18)33(42,43)46-20-5-6-21(22(34)13-20)17-7-27(39)31(41)28(40)8-17/h2,5-13,16,32H,1,3-4,14-15H2. The Labute approximate surface area is 255 Å². The lowest BCUT2D eigenvalue weighted by atomic mass is 9.99. The predicted molar refractivity (Wildman–Crippen MR) is 146 cm³/mol. The first-order chi connectivity index (χ1) is 21.8. The maximum Gasteiger partial charge on any atom is 0.432 e. The van der Waals surface area contributed by atoms with Crippen LogP contribution < -0.4 is 4.74 Å². The first-order valence-electron chi connectivity index (χ1n) is 13.6. The lowest BCUT2D eigenvalue weighted by molar-refractivity contribution is -0.206. The molecule has 0 radical (unpaired) electrons. The van der Waals surface area contributed by atoms with Gasteiger partial charge in [-0.3, -0.25) is 0 Å². The van der Waals surface area contributed by atoms with E-state index < -0.39 is 92.5 Å². The van der Waals surface area contributed by atoms with Crippen LogP contribution in [0.15, 0.2) is 67.3 Å². The molecule has 1 fully saturated rings. The maximum atomic E-state index is 15.1. The summed E-state index contributed by atoms with van der Waals surface area (Å²) in [5.41, 5.74) is -4.66. The summed E-state index contributed by atoms with van der Waals surface area (Å²) in [4.78, 5) is 0. The van der Waals surface area contributed by atoms with Crippen LogP contribution in [0.1, 0.15) is 30.3 Å². The Hall–Kier alpha value is -4.36. The van der Waals surface area contributed by atoms with E-state index in [4.69, 9.17) is 9.47 Å². The molecular formula is C33H22F10O3. The van der Waals surface area contributed by atoms with Gasteiger partial charge in [0.05, 0.1) is 18.8 Å². The van der Waals surface area contributed by atoms with Gasteiger partial charge >= 0.3 is 6.11 Å². The summed E-state index contributed by atoms with van der Waals surface area (Å²) in [7, 11) is 0. The fourth-order valence-electron chi connectivity index (χ4n) is 4.96. The second-order valence-corrected chi connectivity index (χ2v) is 10.4. The lowest BCUT2D eigenvalue weighted by Gasteiger charge is -2.29. The normalized spacial score (nSPS) is 16.8. The van der Waals surface area contributed by atoms with E-state index >= 15 is 8.78 Å². The molecule has 1 heterocycles. The zero-order valence-electron chi connectivity index (χ0n) is 23.5. The van der Waals surface area contributed by atoms with Crippen LogP contribution in [0.2, 0.25) is 0 Å². The Morgan fingerprint density at radius 3 is 1.83 bits per heavy atom. The quantitative estimate of drug-likeness (QED) is 0.102. The highest BCUT2D eigenvalue weighted by Gasteiger charge is 2.41. The topological polar surface area (TPSA) is 27.7 Å². The van der Waals surface area contributed by atoms with Crippen LogP contribution in [-0.4, -0.2) is 13.2 Å². The van der Waals surface area contributed by atoms with Gasteiger partial charge in [-0.05, 0) is 72.5 Å². The van der Waals surface area contributed by atoms with E-state index in [1.807, 2.05) is 0 Å². The number of rotatable bonds is 9. The molecule has 13 heteroatoms. The van der Waals surface area contributed by atoms with Crippen molar-refractivity contribution in [2.24, 2.45) is 5.92 Å². The second-order valence-electron chi connectivity index (χ2n) is 10.4. The number of ether oxygens (including phenoxy) is 3. The first-order valence-corrected chi connectivity index (χ1v) is 13.6. The van der Waals surface area contributed by atoms with Crippen molar-refractivity contribution in [2.75, 3.05) is 13.2 Å². The van der Waals surface area contributed by atoms with Crippen molar-refractivity contribution in [1.82, 2.24) is 0 Å². The molecule has 0 bridgehead atoms. The fourth-order valence-corrected chi connectivity index (χ4v) is 4.96.